The summed E-state index contributed by atoms with van der Waals surface area (Å²) in [5, 5.41) is 5.82. The van der Waals surface area contributed by atoms with Crippen molar-refractivity contribution in [2.24, 2.45) is 0 Å². The molecule has 1 unspecified atom stereocenters. The molecular weight excluding hydrogens is 256 g/mol. The Bertz CT molecular complexity index is 616. The first-order valence-electron chi connectivity index (χ1n) is 6.74. The predicted octanol–water partition coefficient (Wildman–Crippen LogP) is 2.02. The van der Waals surface area contributed by atoms with Gasteiger partial charge in [0.05, 0.1) is 12.1 Å². The molecule has 2 aromatic rings. The Balaban J connectivity index is 1.65. The first-order chi connectivity index (χ1) is 9.65. The van der Waals surface area contributed by atoms with Crippen LogP contribution < -0.4 is 10.6 Å². The van der Waals surface area contributed by atoms with Crippen molar-refractivity contribution in [3.63, 3.8) is 0 Å². The van der Waals surface area contributed by atoms with Gasteiger partial charge in [0.1, 0.15) is 5.65 Å². The van der Waals surface area contributed by atoms with Crippen molar-refractivity contribution < 1.29 is 9.53 Å². The fraction of sp³-hybridized carbons (Fsp3) is 0.429. The van der Waals surface area contributed by atoms with Crippen LogP contribution in [0.25, 0.3) is 5.65 Å². The lowest BCUT2D eigenvalue weighted by molar-refractivity contribution is 0.0342. The second kappa shape index (κ2) is 5.13. The number of anilines is 1. The third-order valence-corrected chi connectivity index (χ3v) is 3.51. The molecule has 0 saturated carbocycles. The Labute approximate surface area is 117 Å². The van der Waals surface area contributed by atoms with E-state index in [0.29, 0.717) is 6.61 Å². The maximum absolute atomic E-state index is 12.1. The zero-order chi connectivity index (χ0) is 14.0. The number of ether oxygens (including phenoxy) is 1. The summed E-state index contributed by atoms with van der Waals surface area (Å²) in [6, 6.07) is 3.46. The number of carbonyl (C=O) groups is 1. The van der Waals surface area contributed by atoms with E-state index in [9.17, 15) is 4.79 Å². The molecule has 3 heterocycles. The van der Waals surface area contributed by atoms with Gasteiger partial charge in [-0.3, -0.25) is 0 Å². The van der Waals surface area contributed by atoms with E-state index in [2.05, 4.69) is 15.6 Å². The molecule has 1 atom stereocenters. The quantitative estimate of drug-likeness (QED) is 0.880. The Morgan fingerprint density at radius 2 is 2.40 bits per heavy atom. The van der Waals surface area contributed by atoms with Crippen molar-refractivity contribution in [1.82, 2.24) is 14.7 Å². The van der Waals surface area contributed by atoms with E-state index in [0.717, 1.165) is 30.8 Å². The monoisotopic (exact) mass is 274 g/mol. The van der Waals surface area contributed by atoms with E-state index in [4.69, 9.17) is 4.74 Å². The van der Waals surface area contributed by atoms with E-state index in [1.807, 2.05) is 35.9 Å². The summed E-state index contributed by atoms with van der Waals surface area (Å²) < 4.78 is 7.32. The fourth-order valence-corrected chi connectivity index (χ4v) is 2.46. The maximum Gasteiger partial charge on any atom is 0.319 e. The highest BCUT2D eigenvalue weighted by atomic mass is 16.5. The minimum Gasteiger partial charge on any atom is -0.379 e. The average molecular weight is 274 g/mol. The highest BCUT2D eigenvalue weighted by Gasteiger charge is 2.29. The van der Waals surface area contributed by atoms with E-state index >= 15 is 0 Å². The standard InChI is InChI=1S/C14H18N4O2/c1-14(4-2-8-20-10-14)17-13(19)16-11-3-6-18-7-5-15-12(18)9-11/h3,5-7,9H,2,4,8,10H2,1H3,(H2,16,17,19). The lowest BCUT2D eigenvalue weighted by Gasteiger charge is -2.34. The number of pyridine rings is 1. The van der Waals surface area contributed by atoms with Gasteiger partial charge in [-0.25, -0.2) is 9.78 Å². The molecule has 2 amide bonds. The number of fused-ring (bicyclic) bond motifs is 1. The largest absolute Gasteiger partial charge is 0.379 e. The average Bonchev–Trinajstić information content (AvgIpc) is 2.86. The van der Waals surface area contributed by atoms with Gasteiger partial charge < -0.3 is 19.8 Å². The lowest BCUT2D eigenvalue weighted by atomic mass is 9.95. The molecule has 106 valence electrons. The molecule has 1 fully saturated rings. The molecule has 1 aliphatic heterocycles. The zero-order valence-electron chi connectivity index (χ0n) is 11.4. The third-order valence-electron chi connectivity index (χ3n) is 3.51. The van der Waals surface area contributed by atoms with Crippen molar-refractivity contribution in [1.29, 1.82) is 0 Å². The first kappa shape index (κ1) is 12.9. The highest BCUT2D eigenvalue weighted by molar-refractivity contribution is 5.90. The van der Waals surface area contributed by atoms with Gasteiger partial charge >= 0.3 is 6.03 Å². The van der Waals surface area contributed by atoms with Crippen LogP contribution in [0.15, 0.2) is 30.7 Å². The van der Waals surface area contributed by atoms with Gasteiger partial charge in [0.25, 0.3) is 0 Å². The Kier molecular flexibility index (Phi) is 3.31. The number of nitrogens with zero attached hydrogens (tertiary/aromatic N) is 2. The van der Waals surface area contributed by atoms with E-state index in [-0.39, 0.29) is 11.6 Å². The fourth-order valence-electron chi connectivity index (χ4n) is 2.46. The molecule has 6 nitrogen and oxygen atoms in total. The van der Waals surface area contributed by atoms with Crippen LogP contribution in [-0.4, -0.2) is 34.2 Å². The van der Waals surface area contributed by atoms with Gasteiger partial charge in [-0.2, -0.15) is 0 Å². The third kappa shape index (κ3) is 2.75. The molecule has 6 heteroatoms. The predicted molar refractivity (Wildman–Crippen MR) is 75.8 cm³/mol. The Morgan fingerprint density at radius 1 is 1.50 bits per heavy atom. The SMILES string of the molecule is CC1(NC(=O)Nc2ccn3ccnc3c2)CCCOC1. The number of hydrogen-bond donors (Lipinski definition) is 2. The van der Waals surface area contributed by atoms with Crippen molar-refractivity contribution in [3.05, 3.63) is 30.7 Å². The summed E-state index contributed by atoms with van der Waals surface area (Å²) in [7, 11) is 0. The molecule has 0 radical (unpaired) electrons. The second-order valence-corrected chi connectivity index (χ2v) is 5.40. The van der Waals surface area contributed by atoms with E-state index in [1.165, 1.54) is 0 Å². The number of aromatic nitrogens is 2. The Hall–Kier alpha value is -2.08. The summed E-state index contributed by atoms with van der Waals surface area (Å²) in [5.41, 5.74) is 1.23. The molecule has 2 N–H and O–H groups in total. The number of nitrogens with one attached hydrogen (secondary N) is 2. The van der Waals surface area contributed by atoms with Crippen molar-refractivity contribution in [3.8, 4) is 0 Å². The molecule has 0 spiro atoms. The molecule has 1 saturated heterocycles. The van der Waals surface area contributed by atoms with Crippen LogP contribution in [0.3, 0.4) is 0 Å². The van der Waals surface area contributed by atoms with Gasteiger partial charge in [-0.1, -0.05) is 0 Å². The summed E-state index contributed by atoms with van der Waals surface area (Å²) in [6.07, 6.45) is 7.35. The molecule has 1 aliphatic rings. The molecule has 0 aliphatic carbocycles. The van der Waals surface area contributed by atoms with Gasteiger partial charge in [0.15, 0.2) is 0 Å². The molecular formula is C14H18N4O2. The van der Waals surface area contributed by atoms with Crippen LogP contribution in [0.2, 0.25) is 0 Å². The van der Waals surface area contributed by atoms with Crippen LogP contribution in [-0.2, 0) is 4.74 Å². The summed E-state index contributed by atoms with van der Waals surface area (Å²) in [4.78, 5) is 16.2. The van der Waals surface area contributed by atoms with Crippen LogP contribution in [0.5, 0.6) is 0 Å². The van der Waals surface area contributed by atoms with Crippen LogP contribution in [0.4, 0.5) is 10.5 Å². The zero-order valence-corrected chi connectivity index (χ0v) is 11.4. The highest BCUT2D eigenvalue weighted by Crippen LogP contribution is 2.18. The number of hydrogen-bond acceptors (Lipinski definition) is 3. The minimum absolute atomic E-state index is 0.214. The molecule has 0 bridgehead atoms. The topological polar surface area (TPSA) is 67.7 Å². The smallest absolute Gasteiger partial charge is 0.319 e. The first-order valence-corrected chi connectivity index (χ1v) is 6.74. The van der Waals surface area contributed by atoms with Gasteiger partial charge in [-0.15, -0.1) is 0 Å². The van der Waals surface area contributed by atoms with Crippen LogP contribution in [0.1, 0.15) is 19.8 Å². The summed E-state index contributed by atoms with van der Waals surface area (Å²) >= 11 is 0. The normalized spacial score (nSPS) is 22.6. The molecule has 2 aromatic heterocycles. The van der Waals surface area contributed by atoms with Gasteiger partial charge in [0, 0.05) is 37.0 Å². The van der Waals surface area contributed by atoms with Crippen LogP contribution >= 0.6 is 0 Å². The number of amides is 2. The van der Waals surface area contributed by atoms with Gasteiger partial charge in [0.2, 0.25) is 0 Å². The summed E-state index contributed by atoms with van der Waals surface area (Å²) in [6.45, 7) is 3.33. The Morgan fingerprint density at radius 3 is 3.20 bits per heavy atom. The molecule has 3 rings (SSSR count). The number of urea groups is 1. The van der Waals surface area contributed by atoms with Crippen molar-refractivity contribution >= 4 is 17.4 Å². The molecule has 20 heavy (non-hydrogen) atoms. The van der Waals surface area contributed by atoms with Crippen LogP contribution in [0, 0.1) is 0 Å². The van der Waals surface area contributed by atoms with Gasteiger partial charge in [-0.05, 0) is 25.8 Å². The van der Waals surface area contributed by atoms with E-state index < -0.39 is 0 Å². The minimum atomic E-state index is -0.292. The maximum atomic E-state index is 12.1. The van der Waals surface area contributed by atoms with E-state index in [1.54, 1.807) is 6.20 Å². The number of rotatable bonds is 2. The van der Waals surface area contributed by atoms with Crippen molar-refractivity contribution in [2.75, 3.05) is 18.5 Å². The van der Waals surface area contributed by atoms with Crippen molar-refractivity contribution in [2.45, 2.75) is 25.3 Å². The lowest BCUT2D eigenvalue weighted by Crippen LogP contribution is -2.52. The number of imidazole rings is 1. The number of carbonyl (C=O) groups excluding carboxylic acids is 1. The second-order valence-electron chi connectivity index (χ2n) is 5.40. The molecule has 0 aromatic carbocycles. The summed E-state index contributed by atoms with van der Waals surface area (Å²) in [5.74, 6) is 0.